The number of hydrogen-bond donors (Lipinski definition) is 2. The van der Waals surface area contributed by atoms with Crippen LogP contribution in [0.2, 0.25) is 0 Å². The third kappa shape index (κ3) is 4.65. The van der Waals surface area contributed by atoms with Gasteiger partial charge in [0.25, 0.3) is 17.7 Å². The van der Waals surface area contributed by atoms with E-state index in [1.165, 1.54) is 0 Å². The van der Waals surface area contributed by atoms with E-state index in [-0.39, 0.29) is 16.6 Å². The summed E-state index contributed by atoms with van der Waals surface area (Å²) in [7, 11) is 1.57. The number of nitrogens with one attached hydrogen (secondary N) is 2. The van der Waals surface area contributed by atoms with Crippen LogP contribution in [-0.4, -0.2) is 24.8 Å². The third-order valence-corrected chi connectivity index (χ3v) is 5.58. The van der Waals surface area contributed by atoms with Gasteiger partial charge in [-0.15, -0.1) is 0 Å². The second-order valence-corrected chi connectivity index (χ2v) is 8.25. The highest BCUT2D eigenvalue weighted by Crippen LogP contribution is 2.31. The topological polar surface area (TPSA) is 87.7 Å². The van der Waals surface area contributed by atoms with Gasteiger partial charge >= 0.3 is 0 Å². The molecule has 7 nitrogen and oxygen atoms in total. The van der Waals surface area contributed by atoms with E-state index < -0.39 is 11.8 Å². The molecule has 2 N–H and O–H groups in total. The van der Waals surface area contributed by atoms with Crippen LogP contribution in [0.1, 0.15) is 21.5 Å². The largest absolute Gasteiger partial charge is 0.497 e. The van der Waals surface area contributed by atoms with Gasteiger partial charge in [-0.25, -0.2) is 4.90 Å². The first-order chi connectivity index (χ1) is 16.3. The molecule has 0 saturated carbocycles. The van der Waals surface area contributed by atoms with Gasteiger partial charge in [-0.2, -0.15) is 0 Å². The maximum absolute atomic E-state index is 13.1. The van der Waals surface area contributed by atoms with Crippen LogP contribution in [-0.2, 0) is 9.59 Å². The molecule has 1 aliphatic heterocycles. The van der Waals surface area contributed by atoms with Gasteiger partial charge in [-0.1, -0.05) is 23.7 Å². The van der Waals surface area contributed by atoms with Crippen molar-refractivity contribution in [3.8, 4) is 5.75 Å². The SMILES string of the molecule is COc1ccc(NC(=O)c2cccc(NC3=C(Cl)C(=O)N(c4cc(C)cc(C)c4)C3=O)c2)cc1. The molecule has 34 heavy (non-hydrogen) atoms. The predicted molar refractivity (Wildman–Crippen MR) is 132 cm³/mol. The molecule has 0 unspecified atom stereocenters. The number of ether oxygens (including phenoxy) is 1. The van der Waals surface area contributed by atoms with Crippen LogP contribution in [0.15, 0.2) is 77.5 Å². The van der Waals surface area contributed by atoms with Gasteiger partial charge in [-0.05, 0) is 79.6 Å². The molecule has 0 aromatic heterocycles. The molecule has 0 bridgehead atoms. The fourth-order valence-corrected chi connectivity index (χ4v) is 3.90. The number of imide groups is 1. The van der Waals surface area contributed by atoms with Crippen LogP contribution in [0.5, 0.6) is 5.75 Å². The van der Waals surface area contributed by atoms with E-state index in [9.17, 15) is 14.4 Å². The van der Waals surface area contributed by atoms with Crippen LogP contribution in [0.25, 0.3) is 0 Å². The molecular weight excluding hydrogens is 454 g/mol. The van der Waals surface area contributed by atoms with E-state index in [0.717, 1.165) is 16.0 Å². The lowest BCUT2D eigenvalue weighted by Gasteiger charge is -2.16. The van der Waals surface area contributed by atoms with Crippen LogP contribution in [0.3, 0.4) is 0 Å². The molecule has 172 valence electrons. The molecule has 0 atom stereocenters. The Balaban J connectivity index is 1.53. The normalized spacial score (nSPS) is 13.4. The Morgan fingerprint density at radius 1 is 0.882 bits per heavy atom. The molecule has 4 rings (SSSR count). The average molecular weight is 476 g/mol. The summed E-state index contributed by atoms with van der Waals surface area (Å²) in [5.41, 5.74) is 3.66. The Morgan fingerprint density at radius 3 is 2.21 bits per heavy atom. The number of rotatable bonds is 6. The zero-order valence-electron chi connectivity index (χ0n) is 18.8. The number of hydrogen-bond acceptors (Lipinski definition) is 5. The summed E-state index contributed by atoms with van der Waals surface area (Å²) in [5, 5.41) is 5.51. The van der Waals surface area contributed by atoms with Gasteiger partial charge in [-0.3, -0.25) is 14.4 Å². The minimum absolute atomic E-state index is 0.0430. The quantitative estimate of drug-likeness (QED) is 0.490. The number of aryl methyl sites for hydroxylation is 2. The smallest absolute Gasteiger partial charge is 0.283 e. The van der Waals surface area contributed by atoms with E-state index in [2.05, 4.69) is 10.6 Å². The molecule has 0 spiro atoms. The minimum atomic E-state index is -0.604. The average Bonchev–Trinajstić information content (AvgIpc) is 3.02. The zero-order chi connectivity index (χ0) is 24.4. The van der Waals surface area contributed by atoms with Crippen molar-refractivity contribution in [1.82, 2.24) is 0 Å². The lowest BCUT2D eigenvalue weighted by Crippen LogP contribution is -2.32. The van der Waals surface area contributed by atoms with Crippen molar-refractivity contribution in [1.29, 1.82) is 0 Å². The Bertz CT molecular complexity index is 1310. The Labute approximate surface area is 202 Å². The van der Waals surface area contributed by atoms with Crippen molar-refractivity contribution in [3.63, 3.8) is 0 Å². The van der Waals surface area contributed by atoms with Crippen LogP contribution in [0, 0.1) is 13.8 Å². The van der Waals surface area contributed by atoms with Gasteiger partial charge < -0.3 is 15.4 Å². The standard InChI is InChI=1S/C26H22ClN3O4/c1-15-11-16(2)13-20(12-15)30-25(32)22(27)23(26(30)33)28-19-6-4-5-17(14-19)24(31)29-18-7-9-21(34-3)10-8-18/h4-14,28H,1-3H3,(H,29,31). The molecule has 0 aliphatic carbocycles. The highest BCUT2D eigenvalue weighted by Gasteiger charge is 2.39. The summed E-state index contributed by atoms with van der Waals surface area (Å²) in [6, 6.07) is 19.0. The second kappa shape index (κ2) is 9.41. The van der Waals surface area contributed by atoms with Crippen molar-refractivity contribution in [3.05, 3.63) is 94.1 Å². The van der Waals surface area contributed by atoms with Crippen molar-refractivity contribution in [2.75, 3.05) is 22.6 Å². The number of nitrogens with zero attached hydrogens (tertiary/aromatic N) is 1. The fourth-order valence-electron chi connectivity index (χ4n) is 3.69. The predicted octanol–water partition coefficient (Wildman–Crippen LogP) is 5.00. The second-order valence-electron chi connectivity index (χ2n) is 7.87. The van der Waals surface area contributed by atoms with Gasteiger partial charge in [0.2, 0.25) is 0 Å². The van der Waals surface area contributed by atoms with E-state index in [0.29, 0.717) is 28.4 Å². The number of amides is 3. The number of benzene rings is 3. The van der Waals surface area contributed by atoms with Gasteiger partial charge in [0.1, 0.15) is 16.5 Å². The molecule has 3 aromatic carbocycles. The highest BCUT2D eigenvalue weighted by atomic mass is 35.5. The third-order valence-electron chi connectivity index (χ3n) is 5.23. The molecule has 0 fully saturated rings. The van der Waals surface area contributed by atoms with E-state index in [1.54, 1.807) is 67.8 Å². The Hall–Kier alpha value is -4.10. The number of carbonyl (C=O) groups is 3. The first-order valence-electron chi connectivity index (χ1n) is 10.5. The maximum Gasteiger partial charge on any atom is 0.283 e. The van der Waals surface area contributed by atoms with Crippen molar-refractivity contribution in [2.24, 2.45) is 0 Å². The van der Waals surface area contributed by atoms with E-state index >= 15 is 0 Å². The maximum atomic E-state index is 13.1. The first kappa shape index (κ1) is 23.1. The molecule has 0 saturated heterocycles. The molecule has 8 heteroatoms. The lowest BCUT2D eigenvalue weighted by molar-refractivity contribution is -0.120. The number of methoxy groups -OCH3 is 1. The summed E-state index contributed by atoms with van der Waals surface area (Å²) >= 11 is 6.25. The summed E-state index contributed by atoms with van der Waals surface area (Å²) in [4.78, 5) is 39.6. The van der Waals surface area contributed by atoms with E-state index in [1.807, 2.05) is 19.9 Å². The number of anilines is 3. The van der Waals surface area contributed by atoms with Gasteiger partial charge in [0, 0.05) is 16.9 Å². The number of halogens is 1. The first-order valence-corrected chi connectivity index (χ1v) is 10.8. The Morgan fingerprint density at radius 2 is 1.56 bits per heavy atom. The van der Waals surface area contributed by atoms with Crippen LogP contribution < -0.4 is 20.3 Å². The Kier molecular flexibility index (Phi) is 6.38. The minimum Gasteiger partial charge on any atom is -0.497 e. The monoisotopic (exact) mass is 475 g/mol. The van der Waals surface area contributed by atoms with Crippen LogP contribution >= 0.6 is 11.6 Å². The summed E-state index contributed by atoms with van der Waals surface area (Å²) in [5.74, 6) is -0.819. The molecule has 3 aromatic rings. The van der Waals surface area contributed by atoms with Crippen molar-refractivity contribution < 1.29 is 19.1 Å². The highest BCUT2D eigenvalue weighted by molar-refractivity contribution is 6.53. The van der Waals surface area contributed by atoms with Crippen LogP contribution in [0.4, 0.5) is 17.1 Å². The molecule has 1 aliphatic rings. The summed E-state index contributed by atoms with van der Waals surface area (Å²) in [6.07, 6.45) is 0. The number of carbonyl (C=O) groups excluding carboxylic acids is 3. The van der Waals surface area contributed by atoms with E-state index in [4.69, 9.17) is 16.3 Å². The molecular formula is C26H22ClN3O4. The van der Waals surface area contributed by atoms with Crippen molar-refractivity contribution in [2.45, 2.75) is 13.8 Å². The zero-order valence-corrected chi connectivity index (χ0v) is 19.6. The van der Waals surface area contributed by atoms with Gasteiger partial charge in [0.05, 0.1) is 12.8 Å². The molecule has 0 radical (unpaired) electrons. The summed E-state index contributed by atoms with van der Waals surface area (Å²) < 4.78 is 5.12. The van der Waals surface area contributed by atoms with Gasteiger partial charge in [0.15, 0.2) is 0 Å². The lowest BCUT2D eigenvalue weighted by atomic mass is 10.1. The molecule has 1 heterocycles. The van der Waals surface area contributed by atoms with Crippen molar-refractivity contribution >= 4 is 46.4 Å². The summed E-state index contributed by atoms with van der Waals surface area (Å²) in [6.45, 7) is 3.77. The molecule has 3 amide bonds. The fraction of sp³-hybridized carbons (Fsp3) is 0.115.